The molecule has 0 radical (unpaired) electrons. The third-order valence-electron chi connectivity index (χ3n) is 3.82. The van der Waals surface area contributed by atoms with Crippen LogP contribution in [0.4, 0.5) is 0 Å². The molecule has 1 aromatic rings. The van der Waals surface area contributed by atoms with Gasteiger partial charge in [0.1, 0.15) is 6.17 Å². The van der Waals surface area contributed by atoms with Gasteiger partial charge in [-0.25, -0.2) is 0 Å². The van der Waals surface area contributed by atoms with E-state index in [1.807, 2.05) is 4.90 Å². The molecule has 1 aliphatic heterocycles. The molecule has 1 fully saturated rings. The molecule has 0 saturated carbocycles. The highest BCUT2D eigenvalue weighted by Gasteiger charge is 2.31. The molecule has 0 bridgehead atoms. The molecule has 2 heterocycles. The van der Waals surface area contributed by atoms with Crippen molar-refractivity contribution in [1.82, 2.24) is 10.2 Å². The number of carbonyl (C=O) groups is 1. The van der Waals surface area contributed by atoms with Gasteiger partial charge >= 0.3 is 0 Å². The molecular formula is C16H26N2OS. The Labute approximate surface area is 126 Å². The van der Waals surface area contributed by atoms with E-state index in [0.717, 1.165) is 18.9 Å². The summed E-state index contributed by atoms with van der Waals surface area (Å²) in [6.45, 7) is 5.92. The molecule has 1 aliphatic rings. The molecule has 3 nitrogen and oxygen atoms in total. The summed E-state index contributed by atoms with van der Waals surface area (Å²) < 4.78 is 0. The standard InChI is InChI=1S/C16H26N2OS/c1-13(2)8-5-3-4-6-10-18-15(19)12-17-16(18)14-9-7-11-20-14/h7,9,11,13,16-17H,3-6,8,10,12H2,1-2H3. The minimum absolute atomic E-state index is 0.109. The summed E-state index contributed by atoms with van der Waals surface area (Å²) in [5, 5.41) is 5.39. The van der Waals surface area contributed by atoms with Crippen LogP contribution in [0.2, 0.25) is 0 Å². The zero-order valence-electron chi connectivity index (χ0n) is 12.6. The lowest BCUT2D eigenvalue weighted by Crippen LogP contribution is -2.30. The lowest BCUT2D eigenvalue weighted by molar-refractivity contribution is -0.128. The Hall–Kier alpha value is -0.870. The summed E-state index contributed by atoms with van der Waals surface area (Å²) in [6.07, 6.45) is 6.39. The van der Waals surface area contributed by atoms with Gasteiger partial charge in [-0.2, -0.15) is 0 Å². The zero-order chi connectivity index (χ0) is 14.4. The third kappa shape index (κ3) is 4.32. The predicted octanol–water partition coefficient (Wildman–Crippen LogP) is 3.79. The summed E-state index contributed by atoms with van der Waals surface area (Å²) >= 11 is 1.72. The topological polar surface area (TPSA) is 32.3 Å². The number of carbonyl (C=O) groups excluding carboxylic acids is 1. The van der Waals surface area contributed by atoms with Crippen LogP contribution in [0.5, 0.6) is 0 Å². The normalized spacial score (nSPS) is 19.2. The van der Waals surface area contributed by atoms with Gasteiger partial charge in [-0.15, -0.1) is 11.3 Å². The Morgan fingerprint density at radius 1 is 1.35 bits per heavy atom. The number of hydrogen-bond acceptors (Lipinski definition) is 3. The number of rotatable bonds is 8. The van der Waals surface area contributed by atoms with Crippen molar-refractivity contribution in [3.63, 3.8) is 0 Å². The van der Waals surface area contributed by atoms with Crippen molar-refractivity contribution in [3.05, 3.63) is 22.4 Å². The Morgan fingerprint density at radius 3 is 2.85 bits per heavy atom. The molecule has 1 unspecified atom stereocenters. The van der Waals surface area contributed by atoms with E-state index in [1.54, 1.807) is 11.3 Å². The molecule has 20 heavy (non-hydrogen) atoms. The van der Waals surface area contributed by atoms with E-state index in [2.05, 4.69) is 36.7 Å². The second-order valence-electron chi connectivity index (χ2n) is 5.98. The van der Waals surface area contributed by atoms with Crippen molar-refractivity contribution in [2.75, 3.05) is 13.1 Å². The second-order valence-corrected chi connectivity index (χ2v) is 6.96. The third-order valence-corrected chi connectivity index (χ3v) is 4.75. The van der Waals surface area contributed by atoms with E-state index in [1.165, 1.54) is 30.6 Å². The number of unbranched alkanes of at least 4 members (excludes halogenated alkanes) is 3. The fraction of sp³-hybridized carbons (Fsp3) is 0.688. The van der Waals surface area contributed by atoms with Gasteiger partial charge in [0.25, 0.3) is 0 Å². The first kappa shape index (κ1) is 15.5. The van der Waals surface area contributed by atoms with Gasteiger partial charge in [-0.3, -0.25) is 10.1 Å². The van der Waals surface area contributed by atoms with Crippen LogP contribution in [-0.4, -0.2) is 23.9 Å². The van der Waals surface area contributed by atoms with Crippen molar-refractivity contribution in [2.45, 2.75) is 52.1 Å². The summed E-state index contributed by atoms with van der Waals surface area (Å²) in [4.78, 5) is 15.2. The van der Waals surface area contributed by atoms with Crippen molar-refractivity contribution < 1.29 is 4.79 Å². The molecule has 112 valence electrons. The van der Waals surface area contributed by atoms with E-state index in [4.69, 9.17) is 0 Å². The number of nitrogens with zero attached hydrogens (tertiary/aromatic N) is 1. The summed E-state index contributed by atoms with van der Waals surface area (Å²) in [5.74, 6) is 1.05. The lowest BCUT2D eigenvalue weighted by Gasteiger charge is -2.23. The minimum Gasteiger partial charge on any atom is -0.321 e. The van der Waals surface area contributed by atoms with Crippen molar-refractivity contribution in [1.29, 1.82) is 0 Å². The first-order valence-electron chi connectivity index (χ1n) is 7.74. The molecule has 0 aliphatic carbocycles. The van der Waals surface area contributed by atoms with E-state index in [9.17, 15) is 4.79 Å². The Balaban J connectivity index is 1.72. The predicted molar refractivity (Wildman–Crippen MR) is 84.7 cm³/mol. The average molecular weight is 294 g/mol. The monoisotopic (exact) mass is 294 g/mol. The van der Waals surface area contributed by atoms with Crippen molar-refractivity contribution >= 4 is 17.2 Å². The van der Waals surface area contributed by atoms with Crippen LogP contribution in [0.1, 0.15) is 57.0 Å². The smallest absolute Gasteiger partial charge is 0.238 e. The van der Waals surface area contributed by atoms with Gasteiger partial charge in [0.15, 0.2) is 0 Å². The molecule has 2 rings (SSSR count). The molecular weight excluding hydrogens is 268 g/mol. The van der Waals surface area contributed by atoms with Gasteiger partial charge in [-0.1, -0.05) is 45.6 Å². The van der Waals surface area contributed by atoms with Crippen LogP contribution in [0.15, 0.2) is 17.5 Å². The molecule has 0 spiro atoms. The zero-order valence-corrected chi connectivity index (χ0v) is 13.4. The van der Waals surface area contributed by atoms with Crippen LogP contribution >= 0.6 is 11.3 Å². The highest BCUT2D eigenvalue weighted by Crippen LogP contribution is 2.26. The summed E-state index contributed by atoms with van der Waals surface area (Å²) in [6, 6.07) is 4.16. The number of thiophene rings is 1. The van der Waals surface area contributed by atoms with E-state index in [-0.39, 0.29) is 12.1 Å². The quantitative estimate of drug-likeness (QED) is 0.740. The first-order chi connectivity index (χ1) is 9.68. The maximum Gasteiger partial charge on any atom is 0.238 e. The van der Waals surface area contributed by atoms with Crippen LogP contribution in [0.25, 0.3) is 0 Å². The average Bonchev–Trinajstić information content (AvgIpc) is 3.03. The van der Waals surface area contributed by atoms with E-state index >= 15 is 0 Å². The fourth-order valence-corrected chi connectivity index (χ4v) is 3.49. The summed E-state index contributed by atoms with van der Waals surface area (Å²) in [7, 11) is 0. The first-order valence-corrected chi connectivity index (χ1v) is 8.62. The lowest BCUT2D eigenvalue weighted by atomic mass is 10.0. The molecule has 1 atom stereocenters. The molecule has 1 N–H and O–H groups in total. The molecule has 0 aromatic carbocycles. The molecule has 1 amide bonds. The largest absolute Gasteiger partial charge is 0.321 e. The minimum atomic E-state index is 0.109. The van der Waals surface area contributed by atoms with Gasteiger partial charge in [-0.05, 0) is 23.8 Å². The Morgan fingerprint density at radius 2 is 2.15 bits per heavy atom. The van der Waals surface area contributed by atoms with Gasteiger partial charge in [0.05, 0.1) is 6.54 Å². The number of nitrogens with one attached hydrogen (secondary N) is 1. The van der Waals surface area contributed by atoms with Crippen LogP contribution in [0, 0.1) is 5.92 Å². The van der Waals surface area contributed by atoms with Crippen molar-refractivity contribution in [3.8, 4) is 0 Å². The van der Waals surface area contributed by atoms with Crippen LogP contribution in [0.3, 0.4) is 0 Å². The van der Waals surface area contributed by atoms with Crippen LogP contribution in [-0.2, 0) is 4.79 Å². The number of amides is 1. The van der Waals surface area contributed by atoms with Crippen LogP contribution < -0.4 is 5.32 Å². The van der Waals surface area contributed by atoms with Gasteiger partial charge in [0, 0.05) is 11.4 Å². The maximum absolute atomic E-state index is 12.0. The molecule has 1 aromatic heterocycles. The molecule has 1 saturated heterocycles. The number of hydrogen-bond donors (Lipinski definition) is 1. The second kappa shape index (κ2) is 7.79. The van der Waals surface area contributed by atoms with Gasteiger partial charge in [0.2, 0.25) is 5.91 Å². The molecule has 4 heteroatoms. The maximum atomic E-state index is 12.0. The Bertz CT molecular complexity index is 403. The van der Waals surface area contributed by atoms with Crippen molar-refractivity contribution in [2.24, 2.45) is 5.92 Å². The van der Waals surface area contributed by atoms with E-state index < -0.39 is 0 Å². The highest BCUT2D eigenvalue weighted by atomic mass is 32.1. The highest BCUT2D eigenvalue weighted by molar-refractivity contribution is 7.10. The van der Waals surface area contributed by atoms with E-state index in [0.29, 0.717) is 6.54 Å². The fourth-order valence-electron chi connectivity index (χ4n) is 2.68. The Kier molecular flexibility index (Phi) is 6.05. The summed E-state index contributed by atoms with van der Waals surface area (Å²) in [5.41, 5.74) is 0. The SMILES string of the molecule is CC(C)CCCCCCN1C(=O)CNC1c1cccs1. The van der Waals surface area contributed by atoms with Gasteiger partial charge < -0.3 is 4.90 Å².